The molecule has 0 aliphatic carbocycles. The largest absolute Gasteiger partial charge is 0.372 e. The Kier molecular flexibility index (Phi) is 3.71. The Morgan fingerprint density at radius 1 is 1.40 bits per heavy atom. The Morgan fingerprint density at radius 2 is 2.20 bits per heavy atom. The smallest absolute Gasteiger partial charge is 0.271 e. The second kappa shape index (κ2) is 5.64. The molecule has 0 saturated heterocycles. The van der Waals surface area contributed by atoms with Crippen molar-refractivity contribution < 1.29 is 9.53 Å². The van der Waals surface area contributed by atoms with Crippen molar-refractivity contribution in [3.8, 4) is 0 Å². The van der Waals surface area contributed by atoms with Crippen LogP contribution in [0.25, 0.3) is 0 Å². The monoisotopic (exact) mass is 291 g/mol. The number of nitrogens with one attached hydrogen (secondary N) is 1. The van der Waals surface area contributed by atoms with E-state index in [0.717, 1.165) is 17.9 Å². The molecule has 0 radical (unpaired) electrons. The van der Waals surface area contributed by atoms with E-state index in [2.05, 4.69) is 10.3 Å². The minimum absolute atomic E-state index is 0.179. The minimum Gasteiger partial charge on any atom is -0.372 e. The van der Waals surface area contributed by atoms with Crippen LogP contribution in [0.2, 0.25) is 5.02 Å². The molecule has 5 nitrogen and oxygen atoms in total. The number of nitrogens with zero attached hydrogens (tertiary/aromatic N) is 2. The lowest BCUT2D eigenvalue weighted by molar-refractivity contribution is 0.0816. The summed E-state index contributed by atoms with van der Waals surface area (Å²) in [5, 5.41) is 3.53. The van der Waals surface area contributed by atoms with Crippen molar-refractivity contribution in [1.82, 2.24) is 14.9 Å². The van der Waals surface area contributed by atoms with E-state index in [4.69, 9.17) is 16.3 Å². The van der Waals surface area contributed by atoms with E-state index in [0.29, 0.717) is 30.5 Å². The van der Waals surface area contributed by atoms with Crippen LogP contribution < -0.4 is 5.32 Å². The summed E-state index contributed by atoms with van der Waals surface area (Å²) in [7, 11) is 0. The Labute approximate surface area is 121 Å². The van der Waals surface area contributed by atoms with Crippen molar-refractivity contribution in [2.24, 2.45) is 0 Å². The van der Waals surface area contributed by atoms with Crippen molar-refractivity contribution in [2.45, 2.75) is 19.7 Å². The topological polar surface area (TPSA) is 56.2 Å². The summed E-state index contributed by atoms with van der Waals surface area (Å²) in [5.74, 6) is 0.620. The molecule has 104 valence electrons. The number of hydrogen-bond acceptors (Lipinski definition) is 3. The SMILES string of the molecule is O=C(NCc1ccc(Cl)cc1)c1cn2c(n1)COCC2. The van der Waals surface area contributed by atoms with Gasteiger partial charge in [0, 0.05) is 24.3 Å². The van der Waals surface area contributed by atoms with Crippen LogP contribution in [-0.4, -0.2) is 22.1 Å². The highest BCUT2D eigenvalue weighted by atomic mass is 35.5. The van der Waals surface area contributed by atoms with Gasteiger partial charge in [-0.2, -0.15) is 0 Å². The molecular weight excluding hydrogens is 278 g/mol. The Bertz CT molecular complexity index is 598. The molecule has 0 fully saturated rings. The lowest BCUT2D eigenvalue weighted by atomic mass is 10.2. The first kappa shape index (κ1) is 13.1. The Balaban J connectivity index is 1.64. The number of imidazole rings is 1. The summed E-state index contributed by atoms with van der Waals surface area (Å²) in [6.45, 7) is 2.32. The number of carbonyl (C=O) groups excluding carboxylic acids is 1. The average Bonchev–Trinajstić information content (AvgIpc) is 2.90. The molecule has 0 atom stereocenters. The van der Waals surface area contributed by atoms with Gasteiger partial charge in [0.25, 0.3) is 5.91 Å². The maximum absolute atomic E-state index is 12.0. The third-order valence-corrected chi connectivity index (χ3v) is 3.42. The number of halogens is 1. The molecular formula is C14H14ClN3O2. The van der Waals surface area contributed by atoms with Gasteiger partial charge in [0.15, 0.2) is 0 Å². The van der Waals surface area contributed by atoms with E-state index in [9.17, 15) is 4.79 Å². The van der Waals surface area contributed by atoms with Crippen LogP contribution in [0.15, 0.2) is 30.5 Å². The molecule has 2 heterocycles. The molecule has 0 saturated carbocycles. The van der Waals surface area contributed by atoms with Gasteiger partial charge in [-0.25, -0.2) is 4.98 Å². The summed E-state index contributed by atoms with van der Waals surface area (Å²) in [6.07, 6.45) is 1.77. The molecule has 6 heteroatoms. The van der Waals surface area contributed by atoms with Crippen molar-refractivity contribution in [3.63, 3.8) is 0 Å². The lowest BCUT2D eigenvalue weighted by Crippen LogP contribution is -2.23. The first-order chi connectivity index (χ1) is 9.72. The molecule has 1 aromatic heterocycles. The fourth-order valence-electron chi connectivity index (χ4n) is 2.07. The highest BCUT2D eigenvalue weighted by molar-refractivity contribution is 6.30. The van der Waals surface area contributed by atoms with E-state index in [-0.39, 0.29) is 5.91 Å². The molecule has 1 amide bonds. The molecule has 1 N–H and O–H groups in total. The number of fused-ring (bicyclic) bond motifs is 1. The number of ether oxygens (including phenoxy) is 1. The van der Waals surface area contributed by atoms with Gasteiger partial charge in [0.1, 0.15) is 18.1 Å². The van der Waals surface area contributed by atoms with Gasteiger partial charge in [-0.3, -0.25) is 4.79 Å². The summed E-state index contributed by atoms with van der Waals surface area (Å²) in [4.78, 5) is 16.3. The molecule has 0 bridgehead atoms. The average molecular weight is 292 g/mol. The van der Waals surface area contributed by atoms with Crippen molar-refractivity contribution in [3.05, 3.63) is 52.6 Å². The van der Waals surface area contributed by atoms with Gasteiger partial charge < -0.3 is 14.6 Å². The fourth-order valence-corrected chi connectivity index (χ4v) is 2.20. The normalized spacial score (nSPS) is 13.8. The molecule has 3 rings (SSSR count). The summed E-state index contributed by atoms with van der Waals surface area (Å²) < 4.78 is 7.26. The van der Waals surface area contributed by atoms with Crippen LogP contribution in [0.4, 0.5) is 0 Å². The maximum atomic E-state index is 12.0. The van der Waals surface area contributed by atoms with Gasteiger partial charge in [0.05, 0.1) is 6.61 Å². The van der Waals surface area contributed by atoms with Gasteiger partial charge >= 0.3 is 0 Å². The van der Waals surface area contributed by atoms with E-state index < -0.39 is 0 Å². The predicted molar refractivity (Wildman–Crippen MR) is 74.5 cm³/mol. The van der Waals surface area contributed by atoms with E-state index >= 15 is 0 Å². The van der Waals surface area contributed by atoms with Gasteiger partial charge in [0.2, 0.25) is 0 Å². The molecule has 0 spiro atoms. The number of carbonyl (C=O) groups is 1. The zero-order valence-corrected chi connectivity index (χ0v) is 11.6. The van der Waals surface area contributed by atoms with Crippen LogP contribution >= 0.6 is 11.6 Å². The van der Waals surface area contributed by atoms with Crippen molar-refractivity contribution in [2.75, 3.05) is 6.61 Å². The lowest BCUT2D eigenvalue weighted by Gasteiger charge is -2.13. The van der Waals surface area contributed by atoms with Crippen molar-refractivity contribution in [1.29, 1.82) is 0 Å². The second-order valence-corrected chi connectivity index (χ2v) is 5.03. The standard InChI is InChI=1S/C14H14ClN3O2/c15-11-3-1-10(2-4-11)7-16-14(19)12-8-18-5-6-20-9-13(18)17-12/h1-4,8H,5-7,9H2,(H,16,19). The van der Waals surface area contributed by atoms with Crippen LogP contribution in [0.3, 0.4) is 0 Å². The number of hydrogen-bond donors (Lipinski definition) is 1. The fraction of sp³-hybridized carbons (Fsp3) is 0.286. The predicted octanol–water partition coefficient (Wildman–Crippen LogP) is 2.00. The first-order valence-electron chi connectivity index (χ1n) is 6.39. The van der Waals surface area contributed by atoms with Gasteiger partial charge in [-0.1, -0.05) is 23.7 Å². The van der Waals surface area contributed by atoms with Crippen molar-refractivity contribution >= 4 is 17.5 Å². The Morgan fingerprint density at radius 3 is 2.95 bits per heavy atom. The molecule has 1 aliphatic heterocycles. The third kappa shape index (κ3) is 2.84. The summed E-state index contributed by atoms with van der Waals surface area (Å²) in [5.41, 5.74) is 1.43. The van der Waals surface area contributed by atoms with Crippen LogP contribution in [0.1, 0.15) is 21.9 Å². The molecule has 0 unspecified atom stereocenters. The third-order valence-electron chi connectivity index (χ3n) is 3.17. The quantitative estimate of drug-likeness (QED) is 0.941. The van der Waals surface area contributed by atoms with E-state index in [1.54, 1.807) is 18.3 Å². The second-order valence-electron chi connectivity index (χ2n) is 4.60. The number of benzene rings is 1. The van der Waals surface area contributed by atoms with E-state index in [1.165, 1.54) is 0 Å². The van der Waals surface area contributed by atoms with Crippen LogP contribution in [0.5, 0.6) is 0 Å². The Hall–Kier alpha value is -1.85. The molecule has 1 aliphatic rings. The summed E-state index contributed by atoms with van der Waals surface area (Å²) >= 11 is 5.82. The zero-order chi connectivity index (χ0) is 13.9. The molecule has 2 aromatic rings. The van der Waals surface area contributed by atoms with Gasteiger partial charge in [-0.15, -0.1) is 0 Å². The van der Waals surface area contributed by atoms with Crippen LogP contribution in [0, 0.1) is 0 Å². The highest BCUT2D eigenvalue weighted by Gasteiger charge is 2.16. The van der Waals surface area contributed by atoms with Crippen LogP contribution in [-0.2, 0) is 24.4 Å². The number of rotatable bonds is 3. The number of amides is 1. The maximum Gasteiger partial charge on any atom is 0.271 e. The van der Waals surface area contributed by atoms with Gasteiger partial charge in [-0.05, 0) is 17.7 Å². The highest BCUT2D eigenvalue weighted by Crippen LogP contribution is 2.11. The minimum atomic E-state index is -0.179. The number of aromatic nitrogens is 2. The van der Waals surface area contributed by atoms with E-state index in [1.807, 2.05) is 16.7 Å². The molecule has 20 heavy (non-hydrogen) atoms. The zero-order valence-electron chi connectivity index (χ0n) is 10.8. The summed E-state index contributed by atoms with van der Waals surface area (Å²) in [6, 6.07) is 7.37. The molecule has 1 aromatic carbocycles. The first-order valence-corrected chi connectivity index (χ1v) is 6.76.